The van der Waals surface area contributed by atoms with Gasteiger partial charge in [0.2, 0.25) is 5.95 Å². The van der Waals surface area contributed by atoms with E-state index in [1.807, 2.05) is 13.0 Å². The SMILES string of the molecule is Cc1cc(Nc2cc(CO)nc(N[C@@H]3C[C@H]4CC[C@@H](C3)N4CCC#N)n2)n[nH]1. The van der Waals surface area contributed by atoms with Gasteiger partial charge in [-0.25, -0.2) is 4.98 Å². The number of anilines is 3. The molecule has 2 fully saturated rings. The molecule has 4 heterocycles. The summed E-state index contributed by atoms with van der Waals surface area (Å²) < 4.78 is 0. The van der Waals surface area contributed by atoms with Crippen LogP contribution in [-0.2, 0) is 6.61 Å². The Hall–Kier alpha value is -2.70. The fraction of sp³-hybridized carbons (Fsp3) is 0.579. The first kappa shape index (κ1) is 18.7. The number of aromatic amines is 1. The zero-order valence-corrected chi connectivity index (χ0v) is 16.0. The van der Waals surface area contributed by atoms with Gasteiger partial charge in [-0.15, -0.1) is 0 Å². The van der Waals surface area contributed by atoms with Gasteiger partial charge in [-0.3, -0.25) is 10.00 Å². The summed E-state index contributed by atoms with van der Waals surface area (Å²) in [6.07, 6.45) is 5.02. The molecular formula is C19H26N8O. The minimum absolute atomic E-state index is 0.149. The molecule has 0 spiro atoms. The molecule has 28 heavy (non-hydrogen) atoms. The third kappa shape index (κ3) is 4.08. The maximum absolute atomic E-state index is 9.57. The number of nitrogens with one attached hydrogen (secondary N) is 3. The molecule has 9 heteroatoms. The first-order valence-corrected chi connectivity index (χ1v) is 9.81. The van der Waals surface area contributed by atoms with E-state index in [9.17, 15) is 5.11 Å². The van der Waals surface area contributed by atoms with Gasteiger partial charge < -0.3 is 15.7 Å². The Labute approximate surface area is 164 Å². The van der Waals surface area contributed by atoms with Gasteiger partial charge in [-0.2, -0.15) is 15.3 Å². The average Bonchev–Trinajstić information content (AvgIpc) is 3.19. The van der Waals surface area contributed by atoms with Crippen molar-refractivity contribution in [2.45, 2.75) is 63.8 Å². The van der Waals surface area contributed by atoms with Crippen molar-refractivity contribution >= 4 is 17.6 Å². The van der Waals surface area contributed by atoms with Crippen LogP contribution in [0.2, 0.25) is 0 Å². The van der Waals surface area contributed by atoms with Crippen LogP contribution in [0.15, 0.2) is 12.1 Å². The molecule has 2 aliphatic rings. The van der Waals surface area contributed by atoms with Crippen molar-refractivity contribution in [3.05, 3.63) is 23.5 Å². The van der Waals surface area contributed by atoms with Crippen LogP contribution < -0.4 is 10.6 Å². The molecule has 148 valence electrons. The van der Waals surface area contributed by atoms with Crippen LogP contribution in [0, 0.1) is 18.3 Å². The molecule has 9 nitrogen and oxygen atoms in total. The second kappa shape index (κ2) is 8.12. The van der Waals surface area contributed by atoms with E-state index in [1.165, 1.54) is 12.8 Å². The van der Waals surface area contributed by atoms with E-state index in [0.29, 0.717) is 47.8 Å². The highest BCUT2D eigenvalue weighted by molar-refractivity contribution is 5.54. The first-order valence-electron chi connectivity index (χ1n) is 9.81. The van der Waals surface area contributed by atoms with Crippen LogP contribution in [-0.4, -0.2) is 54.8 Å². The van der Waals surface area contributed by atoms with Crippen LogP contribution >= 0.6 is 0 Å². The number of aliphatic hydroxyl groups excluding tert-OH is 1. The number of piperidine rings is 1. The Bertz CT molecular complexity index is 846. The first-order chi connectivity index (χ1) is 13.6. The fourth-order valence-corrected chi connectivity index (χ4v) is 4.44. The minimum atomic E-state index is -0.149. The Balaban J connectivity index is 1.45. The lowest BCUT2D eigenvalue weighted by atomic mass is 9.97. The van der Waals surface area contributed by atoms with Crippen molar-refractivity contribution in [1.29, 1.82) is 5.26 Å². The summed E-state index contributed by atoms with van der Waals surface area (Å²) in [5, 5.41) is 32.1. The number of hydrogen-bond acceptors (Lipinski definition) is 8. The maximum Gasteiger partial charge on any atom is 0.225 e. The van der Waals surface area contributed by atoms with Crippen molar-refractivity contribution in [1.82, 2.24) is 25.1 Å². The van der Waals surface area contributed by atoms with E-state index >= 15 is 0 Å². The zero-order chi connectivity index (χ0) is 19.5. The van der Waals surface area contributed by atoms with Gasteiger partial charge in [0.25, 0.3) is 0 Å². The number of rotatable bonds is 7. The molecule has 0 saturated carbocycles. The number of nitriles is 1. The molecule has 4 N–H and O–H groups in total. The van der Waals surface area contributed by atoms with Crippen molar-refractivity contribution in [3.8, 4) is 6.07 Å². The van der Waals surface area contributed by atoms with Gasteiger partial charge in [0, 0.05) is 48.9 Å². The molecule has 0 aromatic carbocycles. The van der Waals surface area contributed by atoms with Crippen LogP contribution in [0.4, 0.5) is 17.6 Å². The van der Waals surface area contributed by atoms with Crippen molar-refractivity contribution < 1.29 is 5.11 Å². The molecule has 0 radical (unpaired) electrons. The molecule has 4 rings (SSSR count). The Morgan fingerprint density at radius 2 is 2.04 bits per heavy atom. The molecule has 2 saturated heterocycles. The molecule has 2 aliphatic heterocycles. The van der Waals surface area contributed by atoms with Gasteiger partial charge in [0.05, 0.1) is 18.4 Å². The number of H-pyrrole nitrogens is 1. The van der Waals surface area contributed by atoms with E-state index in [1.54, 1.807) is 6.07 Å². The lowest BCUT2D eigenvalue weighted by molar-refractivity contribution is 0.135. The quantitative estimate of drug-likeness (QED) is 0.573. The number of nitrogens with zero attached hydrogens (tertiary/aromatic N) is 5. The van der Waals surface area contributed by atoms with E-state index in [0.717, 1.165) is 25.1 Å². The minimum Gasteiger partial charge on any atom is -0.390 e. The van der Waals surface area contributed by atoms with Crippen LogP contribution in [0.3, 0.4) is 0 Å². The highest BCUT2D eigenvalue weighted by Gasteiger charge is 2.40. The van der Waals surface area contributed by atoms with E-state index in [2.05, 4.69) is 41.8 Å². The van der Waals surface area contributed by atoms with E-state index < -0.39 is 0 Å². The molecule has 2 aromatic rings. The largest absolute Gasteiger partial charge is 0.390 e. The number of fused-ring (bicyclic) bond motifs is 2. The Morgan fingerprint density at radius 3 is 2.68 bits per heavy atom. The number of hydrogen-bond donors (Lipinski definition) is 4. The van der Waals surface area contributed by atoms with Gasteiger partial charge in [-0.1, -0.05) is 0 Å². The summed E-state index contributed by atoms with van der Waals surface area (Å²) in [6, 6.07) is 7.22. The van der Waals surface area contributed by atoms with Gasteiger partial charge >= 0.3 is 0 Å². The topological polar surface area (TPSA) is 126 Å². The van der Waals surface area contributed by atoms with Crippen LogP contribution in [0.25, 0.3) is 0 Å². The Morgan fingerprint density at radius 1 is 1.25 bits per heavy atom. The molecule has 3 atom stereocenters. The molecular weight excluding hydrogens is 356 g/mol. The lowest BCUT2D eigenvalue weighted by Crippen LogP contribution is -2.47. The standard InChI is InChI=1S/C19H26N8O/c1-12-7-18(26-25-12)23-17-10-14(11-28)22-19(24-17)21-13-8-15-3-4-16(9-13)27(15)6-2-5-20/h7,10,13,15-16,28H,2-4,6,8-9,11H2,1H3,(H3,21,22,23,24,25,26)/t13-,15-,16+. The number of aromatic nitrogens is 4. The predicted molar refractivity (Wildman–Crippen MR) is 105 cm³/mol. The average molecular weight is 382 g/mol. The van der Waals surface area contributed by atoms with Gasteiger partial charge in [0.1, 0.15) is 5.82 Å². The monoisotopic (exact) mass is 382 g/mol. The third-order valence-corrected chi connectivity index (χ3v) is 5.60. The summed E-state index contributed by atoms with van der Waals surface area (Å²) >= 11 is 0. The third-order valence-electron chi connectivity index (χ3n) is 5.60. The van der Waals surface area contributed by atoms with Crippen molar-refractivity contribution in [2.75, 3.05) is 17.2 Å². The van der Waals surface area contributed by atoms with Crippen molar-refractivity contribution in [3.63, 3.8) is 0 Å². The molecule has 2 bridgehead atoms. The van der Waals surface area contributed by atoms with Crippen molar-refractivity contribution in [2.24, 2.45) is 0 Å². The van der Waals surface area contributed by atoms with E-state index in [4.69, 9.17) is 5.26 Å². The second-order valence-electron chi connectivity index (χ2n) is 7.63. The second-order valence-corrected chi connectivity index (χ2v) is 7.63. The number of aryl methyl sites for hydroxylation is 1. The predicted octanol–water partition coefficient (Wildman–Crippen LogP) is 2.06. The summed E-state index contributed by atoms with van der Waals surface area (Å²) in [5.74, 6) is 1.80. The summed E-state index contributed by atoms with van der Waals surface area (Å²) in [4.78, 5) is 11.5. The fourth-order valence-electron chi connectivity index (χ4n) is 4.44. The van der Waals surface area contributed by atoms with Crippen LogP contribution in [0.5, 0.6) is 0 Å². The van der Waals surface area contributed by atoms with Crippen LogP contribution in [0.1, 0.15) is 43.5 Å². The zero-order valence-electron chi connectivity index (χ0n) is 16.0. The summed E-state index contributed by atoms with van der Waals surface area (Å²) in [7, 11) is 0. The molecule has 0 amide bonds. The summed E-state index contributed by atoms with van der Waals surface area (Å²) in [6.45, 7) is 2.65. The highest BCUT2D eigenvalue weighted by atomic mass is 16.3. The maximum atomic E-state index is 9.57. The number of aliphatic hydroxyl groups is 1. The van der Waals surface area contributed by atoms with Gasteiger partial charge in [-0.05, 0) is 32.6 Å². The molecule has 0 unspecified atom stereocenters. The molecule has 2 aromatic heterocycles. The normalized spacial score (nSPS) is 24.1. The summed E-state index contributed by atoms with van der Waals surface area (Å²) in [5.41, 5.74) is 1.51. The highest BCUT2D eigenvalue weighted by Crippen LogP contribution is 2.36. The van der Waals surface area contributed by atoms with Gasteiger partial charge in [0.15, 0.2) is 5.82 Å². The van der Waals surface area contributed by atoms with E-state index in [-0.39, 0.29) is 6.61 Å². The molecule has 0 aliphatic carbocycles. The smallest absolute Gasteiger partial charge is 0.225 e. The Kier molecular flexibility index (Phi) is 5.41. The lowest BCUT2D eigenvalue weighted by Gasteiger charge is -2.38.